The molecule has 2 atom stereocenters. The Hall–Kier alpha value is -3.78. The van der Waals surface area contributed by atoms with E-state index in [1.165, 1.54) is 0 Å². The van der Waals surface area contributed by atoms with Gasteiger partial charge in [-0.1, -0.05) is 54.6 Å². The van der Waals surface area contributed by atoms with Gasteiger partial charge in [-0.2, -0.15) is 0 Å². The van der Waals surface area contributed by atoms with E-state index < -0.39 is 11.2 Å². The Morgan fingerprint density at radius 3 is 2.26 bits per heavy atom. The second kappa shape index (κ2) is 10.2. The molecular formula is C30H34N4O4. The number of cyclic esters (lactones) is 1. The van der Waals surface area contributed by atoms with Crippen LogP contribution in [0.2, 0.25) is 0 Å². The molecule has 0 aliphatic carbocycles. The zero-order valence-electron chi connectivity index (χ0n) is 22.1. The van der Waals surface area contributed by atoms with E-state index in [0.29, 0.717) is 38.3 Å². The van der Waals surface area contributed by atoms with Gasteiger partial charge in [-0.3, -0.25) is 9.69 Å². The molecule has 2 fully saturated rings. The Morgan fingerprint density at radius 2 is 1.68 bits per heavy atom. The molecule has 2 amide bonds. The minimum atomic E-state index is -0.994. The van der Waals surface area contributed by atoms with Crippen molar-refractivity contribution in [3.63, 3.8) is 0 Å². The lowest BCUT2D eigenvalue weighted by molar-refractivity contribution is -0.117. The van der Waals surface area contributed by atoms with Gasteiger partial charge in [0, 0.05) is 50.3 Å². The van der Waals surface area contributed by atoms with E-state index in [1.54, 1.807) is 36.0 Å². The third kappa shape index (κ3) is 5.27. The molecule has 1 N–H and O–H groups in total. The molecule has 0 unspecified atom stereocenters. The summed E-state index contributed by atoms with van der Waals surface area (Å²) in [6.45, 7) is 6.65. The van der Waals surface area contributed by atoms with E-state index in [1.807, 2.05) is 61.5 Å². The summed E-state index contributed by atoms with van der Waals surface area (Å²) in [4.78, 5) is 37.4. The predicted octanol–water partition coefficient (Wildman–Crippen LogP) is 5.23. The highest BCUT2D eigenvalue weighted by Crippen LogP contribution is 2.42. The quantitative estimate of drug-likeness (QED) is 0.464. The number of carbonyl (C=O) groups excluding carboxylic acids is 2. The summed E-state index contributed by atoms with van der Waals surface area (Å²) >= 11 is 0. The average Bonchev–Trinajstić information content (AvgIpc) is 3.34. The summed E-state index contributed by atoms with van der Waals surface area (Å²) in [5, 5.41) is 10.6. The maximum atomic E-state index is 13.3. The maximum absolute atomic E-state index is 13.3. The van der Waals surface area contributed by atoms with Gasteiger partial charge >= 0.3 is 6.09 Å². The summed E-state index contributed by atoms with van der Waals surface area (Å²) < 4.78 is 6.13. The molecule has 3 heterocycles. The SMILES string of the molecule is C[C@@H](c1ccc(-c2cnc(N3CCCC3=O)nc2)cc1)N1CC[C@](CC(C)(C)O)(c2ccccc2)OC1=O. The third-order valence-electron chi connectivity index (χ3n) is 7.44. The number of anilines is 1. The number of ether oxygens (including phenoxy) is 1. The van der Waals surface area contributed by atoms with Gasteiger partial charge in [-0.15, -0.1) is 0 Å². The smallest absolute Gasteiger partial charge is 0.411 e. The number of carbonyl (C=O) groups is 2. The molecule has 0 spiro atoms. The second-order valence-electron chi connectivity index (χ2n) is 10.9. The molecule has 1 aromatic heterocycles. The number of benzene rings is 2. The van der Waals surface area contributed by atoms with Crippen LogP contribution < -0.4 is 4.90 Å². The first-order chi connectivity index (χ1) is 18.2. The van der Waals surface area contributed by atoms with Crippen LogP contribution in [0.1, 0.15) is 63.6 Å². The molecule has 38 heavy (non-hydrogen) atoms. The Morgan fingerprint density at radius 1 is 1.00 bits per heavy atom. The molecule has 0 bridgehead atoms. The number of rotatable bonds is 7. The Balaban J connectivity index is 1.29. The zero-order chi connectivity index (χ0) is 26.9. The van der Waals surface area contributed by atoms with E-state index in [4.69, 9.17) is 4.74 Å². The fraction of sp³-hybridized carbons (Fsp3) is 0.400. The van der Waals surface area contributed by atoms with E-state index in [9.17, 15) is 14.7 Å². The van der Waals surface area contributed by atoms with Crippen LogP contribution >= 0.6 is 0 Å². The first-order valence-electron chi connectivity index (χ1n) is 13.2. The van der Waals surface area contributed by atoms with Crippen LogP contribution in [0.3, 0.4) is 0 Å². The lowest BCUT2D eigenvalue weighted by Gasteiger charge is -2.45. The maximum Gasteiger partial charge on any atom is 0.411 e. The Labute approximate surface area is 223 Å². The predicted molar refractivity (Wildman–Crippen MR) is 144 cm³/mol. The molecule has 2 aliphatic rings. The van der Waals surface area contributed by atoms with Crippen molar-refractivity contribution < 1.29 is 19.4 Å². The highest BCUT2D eigenvalue weighted by molar-refractivity contribution is 5.93. The van der Waals surface area contributed by atoms with Gasteiger partial charge < -0.3 is 14.7 Å². The molecule has 5 rings (SSSR count). The van der Waals surface area contributed by atoms with Crippen LogP contribution in [0.25, 0.3) is 11.1 Å². The van der Waals surface area contributed by atoms with E-state index in [2.05, 4.69) is 9.97 Å². The lowest BCUT2D eigenvalue weighted by atomic mass is 9.80. The van der Waals surface area contributed by atoms with Gasteiger partial charge in [-0.05, 0) is 43.9 Å². The van der Waals surface area contributed by atoms with Crippen molar-refractivity contribution in [2.24, 2.45) is 0 Å². The standard InChI is InChI=1S/C30H34N4O4/c1-21(33-17-15-30(38-28(33)36,20-29(2,3)37)25-8-5-4-6-9-25)22-11-13-23(14-12-22)24-18-31-27(32-19-24)34-16-7-10-26(34)35/h4-6,8-9,11-14,18-19,21,37H,7,10,15-17,20H2,1-3H3/t21-,30-/m0/s1. The van der Waals surface area contributed by atoms with E-state index >= 15 is 0 Å². The minimum Gasteiger partial charge on any atom is -0.438 e. The third-order valence-corrected chi connectivity index (χ3v) is 7.44. The molecule has 0 radical (unpaired) electrons. The second-order valence-corrected chi connectivity index (χ2v) is 10.9. The van der Waals surface area contributed by atoms with Gasteiger partial charge in [0.1, 0.15) is 5.60 Å². The van der Waals surface area contributed by atoms with Crippen molar-refractivity contribution >= 4 is 17.9 Å². The topological polar surface area (TPSA) is 95.9 Å². The van der Waals surface area contributed by atoms with Crippen molar-refractivity contribution in [1.82, 2.24) is 14.9 Å². The molecule has 3 aromatic rings. The fourth-order valence-corrected chi connectivity index (χ4v) is 5.49. The molecule has 198 valence electrons. The van der Waals surface area contributed by atoms with Crippen LogP contribution in [0, 0.1) is 0 Å². The number of amides is 2. The van der Waals surface area contributed by atoms with Crippen LogP contribution in [0.5, 0.6) is 0 Å². The number of aromatic nitrogens is 2. The molecular weight excluding hydrogens is 480 g/mol. The minimum absolute atomic E-state index is 0.0633. The lowest BCUT2D eigenvalue weighted by Crippen LogP contribution is -2.51. The molecule has 2 aliphatic heterocycles. The summed E-state index contributed by atoms with van der Waals surface area (Å²) in [6, 6.07) is 17.5. The van der Waals surface area contributed by atoms with Crippen molar-refractivity contribution in [3.05, 3.63) is 78.1 Å². The van der Waals surface area contributed by atoms with Crippen LogP contribution in [-0.2, 0) is 15.1 Å². The normalized spacial score (nSPS) is 20.9. The summed E-state index contributed by atoms with van der Waals surface area (Å²) in [7, 11) is 0. The average molecular weight is 515 g/mol. The molecule has 8 nitrogen and oxygen atoms in total. The molecule has 0 saturated carbocycles. The summed E-state index contributed by atoms with van der Waals surface area (Å²) in [6.07, 6.45) is 5.36. The zero-order valence-corrected chi connectivity index (χ0v) is 22.1. The first-order valence-corrected chi connectivity index (χ1v) is 13.2. The van der Waals surface area contributed by atoms with Gasteiger partial charge in [0.2, 0.25) is 11.9 Å². The first kappa shape index (κ1) is 25.9. The summed E-state index contributed by atoms with van der Waals surface area (Å²) in [5.41, 5.74) is 1.83. The van der Waals surface area contributed by atoms with Crippen molar-refractivity contribution in [2.45, 2.75) is 63.7 Å². The number of aliphatic hydroxyl groups is 1. The van der Waals surface area contributed by atoms with Crippen molar-refractivity contribution in [2.75, 3.05) is 18.0 Å². The van der Waals surface area contributed by atoms with E-state index in [-0.39, 0.29) is 18.0 Å². The van der Waals surface area contributed by atoms with E-state index in [0.717, 1.165) is 28.7 Å². The van der Waals surface area contributed by atoms with Gasteiger partial charge in [0.25, 0.3) is 0 Å². The Kier molecular flexibility index (Phi) is 6.92. The largest absolute Gasteiger partial charge is 0.438 e. The molecule has 2 aromatic carbocycles. The number of hydrogen-bond donors (Lipinski definition) is 1. The highest BCUT2D eigenvalue weighted by Gasteiger charge is 2.46. The van der Waals surface area contributed by atoms with Crippen LogP contribution in [0.4, 0.5) is 10.7 Å². The number of nitrogens with zero attached hydrogens (tertiary/aromatic N) is 4. The Bertz CT molecular complexity index is 1290. The summed E-state index contributed by atoms with van der Waals surface area (Å²) in [5.74, 6) is 0.509. The number of hydrogen-bond acceptors (Lipinski definition) is 6. The fourth-order valence-electron chi connectivity index (χ4n) is 5.49. The van der Waals surface area contributed by atoms with Gasteiger partial charge in [0.05, 0.1) is 11.6 Å². The van der Waals surface area contributed by atoms with Crippen LogP contribution in [0.15, 0.2) is 67.0 Å². The highest BCUT2D eigenvalue weighted by atomic mass is 16.6. The molecule has 2 saturated heterocycles. The van der Waals surface area contributed by atoms with Gasteiger partial charge in [-0.25, -0.2) is 14.8 Å². The van der Waals surface area contributed by atoms with Crippen molar-refractivity contribution in [1.29, 1.82) is 0 Å². The van der Waals surface area contributed by atoms with Crippen molar-refractivity contribution in [3.8, 4) is 11.1 Å². The van der Waals surface area contributed by atoms with Gasteiger partial charge in [0.15, 0.2) is 0 Å². The van der Waals surface area contributed by atoms with Crippen LogP contribution in [-0.4, -0.2) is 50.7 Å². The molecule has 8 heteroatoms. The monoisotopic (exact) mass is 514 g/mol.